The van der Waals surface area contributed by atoms with Crippen molar-refractivity contribution in [3.8, 4) is 5.75 Å². The lowest BCUT2D eigenvalue weighted by atomic mass is 10.1. The number of carbonyl (C=O) groups excluding carboxylic acids is 1. The molecule has 0 saturated carbocycles. The maximum absolute atomic E-state index is 10.6. The van der Waals surface area contributed by atoms with Crippen molar-refractivity contribution in [1.29, 1.82) is 0 Å². The number of ether oxygens (including phenoxy) is 1. The van der Waals surface area contributed by atoms with Crippen LogP contribution in [0.3, 0.4) is 0 Å². The lowest BCUT2D eigenvalue weighted by Gasteiger charge is -2.15. The van der Waals surface area contributed by atoms with Gasteiger partial charge in [0, 0.05) is 6.92 Å². The number of hydrogen-bond donors (Lipinski definition) is 3. The van der Waals surface area contributed by atoms with E-state index in [2.05, 4.69) is 0 Å². The summed E-state index contributed by atoms with van der Waals surface area (Å²) in [5.74, 6) is -0.0642. The van der Waals surface area contributed by atoms with Gasteiger partial charge in [-0.3, -0.25) is 4.79 Å². The van der Waals surface area contributed by atoms with Crippen LogP contribution in [0.5, 0.6) is 5.75 Å². The highest BCUT2D eigenvalue weighted by Gasteiger charge is 2.17. The monoisotopic (exact) mass is 226 g/mol. The maximum atomic E-state index is 10.6. The first kappa shape index (κ1) is 12.6. The Labute approximate surface area is 92.9 Å². The Hall–Kier alpha value is -1.43. The van der Waals surface area contributed by atoms with Gasteiger partial charge in [0.1, 0.15) is 18.0 Å². The third-order valence-corrected chi connectivity index (χ3v) is 2.03. The van der Waals surface area contributed by atoms with Gasteiger partial charge in [0.2, 0.25) is 0 Å². The molecule has 3 N–H and O–H groups in total. The highest BCUT2D eigenvalue weighted by Crippen LogP contribution is 2.20. The molecule has 0 saturated heterocycles. The lowest BCUT2D eigenvalue weighted by molar-refractivity contribution is -0.131. The molecule has 0 spiro atoms. The molecule has 0 aliphatic rings. The normalized spacial score (nSPS) is 14.2. The first-order valence-electron chi connectivity index (χ1n) is 4.80. The summed E-state index contributed by atoms with van der Waals surface area (Å²) in [6, 6.07) is 6.04. The van der Waals surface area contributed by atoms with E-state index in [0.717, 1.165) is 0 Å². The molecule has 88 valence electrons. The van der Waals surface area contributed by atoms with Crippen molar-refractivity contribution in [2.45, 2.75) is 19.1 Å². The van der Waals surface area contributed by atoms with E-state index in [9.17, 15) is 15.0 Å². The van der Waals surface area contributed by atoms with Crippen LogP contribution in [0.15, 0.2) is 24.3 Å². The van der Waals surface area contributed by atoms with Gasteiger partial charge in [0.05, 0.1) is 6.61 Å². The lowest BCUT2D eigenvalue weighted by Crippen LogP contribution is -2.21. The van der Waals surface area contributed by atoms with Crippen LogP contribution in [0, 0.1) is 0 Å². The van der Waals surface area contributed by atoms with Gasteiger partial charge < -0.3 is 20.1 Å². The molecule has 2 atom stereocenters. The predicted octanol–water partition coefficient (Wildman–Crippen LogP) is -0.00150. The summed E-state index contributed by atoms with van der Waals surface area (Å²) in [7, 11) is 0. The van der Waals surface area contributed by atoms with E-state index >= 15 is 0 Å². The fourth-order valence-electron chi connectivity index (χ4n) is 1.22. The number of benzene rings is 1. The van der Waals surface area contributed by atoms with E-state index in [1.54, 1.807) is 0 Å². The molecule has 1 rings (SSSR count). The summed E-state index contributed by atoms with van der Waals surface area (Å²) in [6.45, 7) is 0.769. The topological polar surface area (TPSA) is 87.0 Å². The van der Waals surface area contributed by atoms with E-state index < -0.39 is 24.8 Å². The largest absolute Gasteiger partial charge is 0.427 e. The Bertz CT molecular complexity index is 346. The molecule has 5 nitrogen and oxygen atoms in total. The van der Waals surface area contributed by atoms with Crippen LogP contribution in [-0.2, 0) is 4.79 Å². The Morgan fingerprint density at radius 1 is 1.31 bits per heavy atom. The van der Waals surface area contributed by atoms with Crippen LogP contribution in [-0.4, -0.2) is 34.0 Å². The molecule has 0 fully saturated rings. The summed E-state index contributed by atoms with van der Waals surface area (Å²) in [4.78, 5) is 10.6. The quantitative estimate of drug-likeness (QED) is 0.497. The van der Waals surface area contributed by atoms with Crippen molar-refractivity contribution < 1.29 is 24.9 Å². The number of hydrogen-bond acceptors (Lipinski definition) is 5. The standard InChI is InChI=1S/C11H14O5/c1-7(13)16-9-4-2-8(3-5-9)11(15)10(14)6-12/h2-5,10-12,14-15H,6H2,1H3. The first-order valence-corrected chi connectivity index (χ1v) is 4.80. The van der Waals surface area contributed by atoms with Gasteiger partial charge >= 0.3 is 5.97 Å². The van der Waals surface area contributed by atoms with E-state index in [0.29, 0.717) is 11.3 Å². The second-order valence-electron chi connectivity index (χ2n) is 3.36. The average molecular weight is 226 g/mol. The molecule has 0 aliphatic carbocycles. The molecule has 0 radical (unpaired) electrons. The summed E-state index contributed by atoms with van der Waals surface area (Å²) in [5.41, 5.74) is 0.442. The molecular formula is C11H14O5. The van der Waals surface area contributed by atoms with Crippen LogP contribution in [0.2, 0.25) is 0 Å². The third-order valence-electron chi connectivity index (χ3n) is 2.03. The van der Waals surface area contributed by atoms with Crippen molar-refractivity contribution in [2.75, 3.05) is 6.61 Å². The Balaban J connectivity index is 2.74. The Morgan fingerprint density at radius 2 is 1.88 bits per heavy atom. The zero-order chi connectivity index (χ0) is 12.1. The zero-order valence-electron chi connectivity index (χ0n) is 8.83. The second-order valence-corrected chi connectivity index (χ2v) is 3.36. The van der Waals surface area contributed by atoms with Gasteiger partial charge in [0.25, 0.3) is 0 Å². The number of rotatable bonds is 4. The molecule has 2 unspecified atom stereocenters. The van der Waals surface area contributed by atoms with Crippen LogP contribution >= 0.6 is 0 Å². The summed E-state index contributed by atoms with van der Waals surface area (Å²) in [5, 5.41) is 27.4. The Morgan fingerprint density at radius 3 is 2.31 bits per heavy atom. The van der Waals surface area contributed by atoms with E-state index in [4.69, 9.17) is 9.84 Å². The summed E-state index contributed by atoms with van der Waals surface area (Å²) in [6.07, 6.45) is -2.38. The molecule has 1 aromatic carbocycles. The van der Waals surface area contributed by atoms with Crippen LogP contribution < -0.4 is 4.74 Å². The SMILES string of the molecule is CC(=O)Oc1ccc(C(O)C(O)CO)cc1. The van der Waals surface area contributed by atoms with Gasteiger partial charge in [-0.05, 0) is 17.7 Å². The van der Waals surface area contributed by atoms with E-state index in [1.165, 1.54) is 31.2 Å². The zero-order valence-corrected chi connectivity index (χ0v) is 8.83. The minimum atomic E-state index is -1.22. The van der Waals surface area contributed by atoms with Crippen molar-refractivity contribution >= 4 is 5.97 Å². The first-order chi connectivity index (χ1) is 7.54. The van der Waals surface area contributed by atoms with Gasteiger partial charge in [0.15, 0.2) is 0 Å². The molecule has 0 aliphatic heterocycles. The van der Waals surface area contributed by atoms with Crippen molar-refractivity contribution in [3.05, 3.63) is 29.8 Å². The highest BCUT2D eigenvalue weighted by molar-refractivity contribution is 5.69. The summed E-state index contributed by atoms with van der Waals surface area (Å²) >= 11 is 0. The van der Waals surface area contributed by atoms with Gasteiger partial charge in [-0.1, -0.05) is 12.1 Å². The molecule has 0 bridgehead atoms. The summed E-state index contributed by atoms with van der Waals surface area (Å²) < 4.78 is 4.80. The number of carbonyl (C=O) groups is 1. The molecular weight excluding hydrogens is 212 g/mol. The average Bonchev–Trinajstić information content (AvgIpc) is 2.27. The number of esters is 1. The van der Waals surface area contributed by atoms with Crippen molar-refractivity contribution in [2.24, 2.45) is 0 Å². The van der Waals surface area contributed by atoms with Crippen molar-refractivity contribution in [3.63, 3.8) is 0 Å². The molecule has 16 heavy (non-hydrogen) atoms. The van der Waals surface area contributed by atoms with Crippen LogP contribution in [0.25, 0.3) is 0 Å². The van der Waals surface area contributed by atoms with Gasteiger partial charge in [-0.25, -0.2) is 0 Å². The number of aliphatic hydroxyl groups is 3. The third kappa shape index (κ3) is 3.30. The molecule has 0 amide bonds. The fourth-order valence-corrected chi connectivity index (χ4v) is 1.22. The highest BCUT2D eigenvalue weighted by atomic mass is 16.5. The van der Waals surface area contributed by atoms with Crippen LogP contribution in [0.1, 0.15) is 18.6 Å². The Kier molecular flexibility index (Phi) is 4.42. The second kappa shape index (κ2) is 5.60. The van der Waals surface area contributed by atoms with Crippen LogP contribution in [0.4, 0.5) is 0 Å². The van der Waals surface area contributed by atoms with E-state index in [1.807, 2.05) is 0 Å². The van der Waals surface area contributed by atoms with Crippen molar-refractivity contribution in [1.82, 2.24) is 0 Å². The van der Waals surface area contributed by atoms with Gasteiger partial charge in [-0.2, -0.15) is 0 Å². The predicted molar refractivity (Wildman–Crippen MR) is 55.8 cm³/mol. The molecule has 0 heterocycles. The fraction of sp³-hybridized carbons (Fsp3) is 0.364. The van der Waals surface area contributed by atoms with Gasteiger partial charge in [-0.15, -0.1) is 0 Å². The molecule has 0 aromatic heterocycles. The smallest absolute Gasteiger partial charge is 0.308 e. The minimum absolute atomic E-state index is 0.363. The minimum Gasteiger partial charge on any atom is -0.427 e. The van der Waals surface area contributed by atoms with E-state index in [-0.39, 0.29) is 0 Å². The number of aliphatic hydroxyl groups excluding tert-OH is 3. The molecule has 1 aromatic rings. The molecule has 5 heteroatoms. The maximum Gasteiger partial charge on any atom is 0.308 e.